The minimum atomic E-state index is -0.459. The second-order valence-electron chi connectivity index (χ2n) is 7.08. The number of para-hydroxylation sites is 1. The van der Waals surface area contributed by atoms with E-state index in [1.807, 2.05) is 13.0 Å². The van der Waals surface area contributed by atoms with Crippen molar-refractivity contribution in [2.75, 3.05) is 19.8 Å². The van der Waals surface area contributed by atoms with Gasteiger partial charge in [-0.1, -0.05) is 41.9 Å². The molecule has 0 aromatic heterocycles. The molecule has 0 saturated carbocycles. The Labute approximate surface area is 204 Å². The Morgan fingerprint density at radius 1 is 1.16 bits per heavy atom. The number of esters is 1. The minimum Gasteiger partial charge on any atom is -0.482 e. The molecule has 32 heavy (non-hydrogen) atoms. The Balaban J connectivity index is 1.99. The number of hydrogen-bond donors (Lipinski definition) is 1. The highest BCUT2D eigenvalue weighted by molar-refractivity contribution is 9.11. The van der Waals surface area contributed by atoms with Crippen molar-refractivity contribution in [1.29, 1.82) is 0 Å². The molecule has 0 unspecified atom stereocenters. The van der Waals surface area contributed by atoms with Gasteiger partial charge < -0.3 is 14.2 Å². The van der Waals surface area contributed by atoms with E-state index in [2.05, 4.69) is 56.2 Å². The summed E-state index contributed by atoms with van der Waals surface area (Å²) in [5, 5.41) is 3.97. The summed E-state index contributed by atoms with van der Waals surface area (Å²) < 4.78 is 17.9. The number of nitrogens with one attached hydrogen (secondary N) is 1. The van der Waals surface area contributed by atoms with Crippen molar-refractivity contribution >= 4 is 50.0 Å². The summed E-state index contributed by atoms with van der Waals surface area (Å²) in [5.41, 5.74) is 5.02. The molecule has 0 saturated heterocycles. The van der Waals surface area contributed by atoms with Gasteiger partial charge in [-0.25, -0.2) is 10.2 Å². The number of hydrogen-bond acceptors (Lipinski definition) is 6. The lowest BCUT2D eigenvalue weighted by atomic mass is 10.0. The van der Waals surface area contributed by atoms with Gasteiger partial charge in [0.2, 0.25) is 0 Å². The van der Waals surface area contributed by atoms with E-state index in [9.17, 15) is 9.59 Å². The molecule has 0 heterocycles. The van der Waals surface area contributed by atoms with Gasteiger partial charge in [0.25, 0.3) is 5.91 Å². The molecule has 7 nitrogen and oxygen atoms in total. The van der Waals surface area contributed by atoms with Crippen molar-refractivity contribution in [2.45, 2.75) is 33.6 Å². The smallest absolute Gasteiger partial charge is 0.344 e. The van der Waals surface area contributed by atoms with Crippen molar-refractivity contribution in [3.05, 3.63) is 56.0 Å². The summed E-state index contributed by atoms with van der Waals surface area (Å²) in [5.74, 6) is 0.432. The quantitative estimate of drug-likeness (QED) is 0.244. The predicted octanol–water partition coefficient (Wildman–Crippen LogP) is 5.11. The van der Waals surface area contributed by atoms with E-state index >= 15 is 0 Å². The highest BCUT2D eigenvalue weighted by Crippen LogP contribution is 2.40. The summed E-state index contributed by atoms with van der Waals surface area (Å²) in [6.07, 6.45) is 1.44. The number of carbonyl (C=O) groups is 2. The van der Waals surface area contributed by atoms with E-state index < -0.39 is 11.9 Å². The first kappa shape index (κ1) is 25.9. The van der Waals surface area contributed by atoms with Crippen LogP contribution < -0.4 is 14.9 Å². The molecule has 0 radical (unpaired) electrons. The number of benzene rings is 2. The fraction of sp³-hybridized carbons (Fsp3) is 0.348. The monoisotopic (exact) mass is 568 g/mol. The van der Waals surface area contributed by atoms with Crippen molar-refractivity contribution in [2.24, 2.45) is 5.10 Å². The van der Waals surface area contributed by atoms with Crippen LogP contribution in [0.2, 0.25) is 0 Å². The third-order valence-electron chi connectivity index (χ3n) is 4.36. The second-order valence-corrected chi connectivity index (χ2v) is 8.73. The molecule has 1 N–H and O–H groups in total. The highest BCUT2D eigenvalue weighted by atomic mass is 79.9. The number of hydrazone groups is 1. The maximum Gasteiger partial charge on any atom is 0.344 e. The maximum atomic E-state index is 12.3. The molecule has 0 aliphatic rings. The predicted molar refractivity (Wildman–Crippen MR) is 130 cm³/mol. The highest BCUT2D eigenvalue weighted by Gasteiger charge is 2.17. The van der Waals surface area contributed by atoms with Gasteiger partial charge in [-0.2, -0.15) is 5.10 Å². The van der Waals surface area contributed by atoms with Crippen LogP contribution in [0.1, 0.15) is 43.4 Å². The van der Waals surface area contributed by atoms with Gasteiger partial charge in [0.15, 0.2) is 13.2 Å². The molecule has 0 aliphatic heterocycles. The lowest BCUT2D eigenvalue weighted by Gasteiger charge is -2.18. The zero-order valence-corrected chi connectivity index (χ0v) is 21.6. The Morgan fingerprint density at radius 3 is 2.56 bits per heavy atom. The number of rotatable bonds is 10. The zero-order chi connectivity index (χ0) is 23.7. The molecule has 172 valence electrons. The molecular formula is C23H26Br2N2O5. The van der Waals surface area contributed by atoms with Crippen LogP contribution in [0.5, 0.6) is 11.5 Å². The summed E-state index contributed by atoms with van der Waals surface area (Å²) >= 11 is 7.11. The van der Waals surface area contributed by atoms with Crippen molar-refractivity contribution in [3.8, 4) is 11.5 Å². The van der Waals surface area contributed by atoms with Gasteiger partial charge in [-0.3, -0.25) is 4.79 Å². The molecular weight excluding hydrogens is 544 g/mol. The largest absolute Gasteiger partial charge is 0.482 e. The fourth-order valence-electron chi connectivity index (χ4n) is 2.69. The third kappa shape index (κ3) is 7.34. The van der Waals surface area contributed by atoms with Gasteiger partial charge in [-0.05, 0) is 65.0 Å². The average molecular weight is 570 g/mol. The van der Waals surface area contributed by atoms with E-state index in [0.29, 0.717) is 17.1 Å². The molecule has 2 aromatic carbocycles. The molecule has 0 fully saturated rings. The average Bonchev–Trinajstić information content (AvgIpc) is 2.76. The first-order valence-electron chi connectivity index (χ1n) is 10.0. The Bertz CT molecular complexity index is 993. The van der Waals surface area contributed by atoms with E-state index in [1.54, 1.807) is 31.2 Å². The van der Waals surface area contributed by atoms with Crippen LogP contribution in [-0.2, 0) is 14.3 Å². The molecule has 0 aliphatic carbocycles. The first-order chi connectivity index (χ1) is 15.2. The summed E-state index contributed by atoms with van der Waals surface area (Å²) in [4.78, 5) is 23.7. The fourth-order valence-corrected chi connectivity index (χ4v) is 3.96. The van der Waals surface area contributed by atoms with Gasteiger partial charge in [0.1, 0.15) is 11.5 Å². The van der Waals surface area contributed by atoms with E-state index in [4.69, 9.17) is 14.2 Å². The normalized spacial score (nSPS) is 11.0. The van der Waals surface area contributed by atoms with Crippen LogP contribution in [0.15, 0.2) is 44.4 Å². The standard InChI is InChI=1S/C23H26Br2N2O5/c1-5-30-21(29)13-31-19-9-7-6-8-16(19)11-26-27-20(28)12-32-23-17(14(2)3)10-18(24)15(4)22(23)25/h6-11,14H,5,12-13H2,1-4H3,(H,27,28)/b26-11+. The van der Waals surface area contributed by atoms with Crippen molar-refractivity contribution in [1.82, 2.24) is 5.43 Å². The number of ether oxygens (including phenoxy) is 3. The van der Waals surface area contributed by atoms with E-state index in [0.717, 1.165) is 20.1 Å². The lowest BCUT2D eigenvalue weighted by Crippen LogP contribution is -2.25. The minimum absolute atomic E-state index is 0.197. The first-order valence-corrected chi connectivity index (χ1v) is 11.6. The van der Waals surface area contributed by atoms with Crippen molar-refractivity contribution in [3.63, 3.8) is 0 Å². The lowest BCUT2D eigenvalue weighted by molar-refractivity contribution is -0.145. The summed E-state index contributed by atoms with van der Waals surface area (Å²) in [7, 11) is 0. The molecule has 2 aromatic rings. The van der Waals surface area contributed by atoms with Crippen LogP contribution in [-0.4, -0.2) is 37.9 Å². The summed E-state index contributed by atoms with van der Waals surface area (Å²) in [6, 6.07) is 9.03. The topological polar surface area (TPSA) is 86.2 Å². The Hall–Kier alpha value is -2.39. The molecule has 0 bridgehead atoms. The zero-order valence-electron chi connectivity index (χ0n) is 18.4. The third-order valence-corrected chi connectivity index (χ3v) is 6.14. The SMILES string of the molecule is CCOC(=O)COc1ccccc1/C=N/NC(=O)COc1c(C(C)C)cc(Br)c(C)c1Br. The number of carbonyl (C=O) groups excluding carboxylic acids is 2. The maximum absolute atomic E-state index is 12.3. The molecule has 0 atom stereocenters. The van der Waals surface area contributed by atoms with Crippen LogP contribution >= 0.6 is 31.9 Å². The Morgan fingerprint density at radius 2 is 1.88 bits per heavy atom. The number of amides is 1. The summed E-state index contributed by atoms with van der Waals surface area (Å²) in [6.45, 7) is 7.68. The van der Waals surface area contributed by atoms with Gasteiger partial charge in [0, 0.05) is 10.0 Å². The van der Waals surface area contributed by atoms with Crippen LogP contribution in [0.4, 0.5) is 0 Å². The van der Waals surface area contributed by atoms with Crippen molar-refractivity contribution < 1.29 is 23.8 Å². The molecule has 0 spiro atoms. The van der Waals surface area contributed by atoms with Gasteiger partial charge >= 0.3 is 5.97 Å². The van der Waals surface area contributed by atoms with Crippen LogP contribution in [0, 0.1) is 6.92 Å². The number of halogens is 2. The second kappa shape index (κ2) is 12.6. The molecule has 1 amide bonds. The van der Waals surface area contributed by atoms with E-state index in [-0.39, 0.29) is 25.7 Å². The van der Waals surface area contributed by atoms with Crippen LogP contribution in [0.25, 0.3) is 0 Å². The van der Waals surface area contributed by atoms with Gasteiger partial charge in [-0.15, -0.1) is 0 Å². The van der Waals surface area contributed by atoms with E-state index in [1.165, 1.54) is 6.21 Å². The Kier molecular flexibility index (Phi) is 10.2. The van der Waals surface area contributed by atoms with Gasteiger partial charge in [0.05, 0.1) is 17.3 Å². The molecule has 2 rings (SSSR count). The van der Waals surface area contributed by atoms with Crippen LogP contribution in [0.3, 0.4) is 0 Å². The number of nitrogens with zero attached hydrogens (tertiary/aromatic N) is 1. The molecule has 9 heteroatoms.